The monoisotopic (exact) mass is 373 g/mol. The van der Waals surface area contributed by atoms with Crippen molar-refractivity contribution >= 4 is 50.4 Å². The van der Waals surface area contributed by atoms with Gasteiger partial charge < -0.3 is 5.32 Å². The number of nitrogens with zero attached hydrogens (tertiary/aromatic N) is 4. The third kappa shape index (κ3) is 2.69. The normalized spacial score (nSPS) is 11.3. The molecular weight excluding hydrogens is 362 g/mol. The van der Waals surface area contributed by atoms with E-state index >= 15 is 0 Å². The van der Waals surface area contributed by atoms with Gasteiger partial charge in [-0.2, -0.15) is 0 Å². The first kappa shape index (κ1) is 15.8. The fourth-order valence-corrected chi connectivity index (χ4v) is 3.54. The zero-order chi connectivity index (χ0) is 17.6. The molecule has 0 aliphatic rings. The van der Waals surface area contributed by atoms with Gasteiger partial charge in [0.2, 0.25) is 5.91 Å². The van der Waals surface area contributed by atoms with Crippen molar-refractivity contribution in [2.24, 2.45) is 0 Å². The zero-order valence-corrected chi connectivity index (χ0v) is 14.6. The van der Waals surface area contributed by atoms with Crippen LogP contribution in [-0.2, 0) is 11.3 Å². The highest BCUT2D eigenvalue weighted by Crippen LogP contribution is 2.23. The average Bonchev–Trinajstić information content (AvgIpc) is 3.17. The van der Waals surface area contributed by atoms with Crippen molar-refractivity contribution in [3.8, 4) is 0 Å². The lowest BCUT2D eigenvalue weighted by Crippen LogP contribution is -2.28. The molecule has 0 spiro atoms. The smallest absolute Gasteiger partial charge is 0.324 e. The summed E-state index contributed by atoms with van der Waals surface area (Å²) in [4.78, 5) is 29.0. The largest absolute Gasteiger partial charge is 0.352 e. The molecule has 0 saturated carbocycles. The van der Waals surface area contributed by atoms with E-state index in [0.29, 0.717) is 16.4 Å². The number of hydrogen-bond acceptors (Lipinski definition) is 5. The van der Waals surface area contributed by atoms with Crippen LogP contribution >= 0.6 is 22.9 Å². The summed E-state index contributed by atoms with van der Waals surface area (Å²) in [5, 5.41) is 9.49. The topological polar surface area (TPSA) is 81.3 Å². The Morgan fingerprint density at radius 1 is 1.36 bits per heavy atom. The third-order valence-electron chi connectivity index (χ3n) is 3.87. The number of hydrogen-bond donors (Lipinski definition) is 1. The van der Waals surface area contributed by atoms with Gasteiger partial charge in [-0.25, -0.2) is 18.9 Å². The van der Waals surface area contributed by atoms with Crippen molar-refractivity contribution < 1.29 is 4.79 Å². The van der Waals surface area contributed by atoms with E-state index in [2.05, 4.69) is 15.4 Å². The Bertz CT molecular complexity index is 1180. The van der Waals surface area contributed by atoms with Gasteiger partial charge in [-0.15, -0.1) is 16.4 Å². The van der Waals surface area contributed by atoms with Crippen molar-refractivity contribution in [3.05, 3.63) is 57.0 Å². The molecule has 0 fully saturated rings. The van der Waals surface area contributed by atoms with Crippen molar-refractivity contribution in [1.82, 2.24) is 19.2 Å². The fourth-order valence-electron chi connectivity index (χ4n) is 2.54. The summed E-state index contributed by atoms with van der Waals surface area (Å²) >= 11 is 7.50. The second-order valence-electron chi connectivity index (χ2n) is 5.47. The number of fused-ring (bicyclic) bond motifs is 3. The Balaban J connectivity index is 1.66. The number of nitrogens with one attached hydrogen (secondary N) is 1. The number of rotatable bonds is 3. The summed E-state index contributed by atoms with van der Waals surface area (Å²) in [6.45, 7) is 1.62. The van der Waals surface area contributed by atoms with E-state index in [9.17, 15) is 9.59 Å². The van der Waals surface area contributed by atoms with E-state index in [4.69, 9.17) is 11.6 Å². The molecule has 0 unspecified atom stereocenters. The molecule has 7 nitrogen and oxygen atoms in total. The fraction of sp³-hybridized carbons (Fsp3) is 0.125. The molecule has 0 radical (unpaired) electrons. The molecule has 3 aromatic heterocycles. The Labute approximate surface area is 150 Å². The number of halogens is 1. The number of carbonyl (C=O) groups is 1. The number of amides is 1. The Kier molecular flexibility index (Phi) is 3.78. The van der Waals surface area contributed by atoms with Crippen LogP contribution in [-0.4, -0.2) is 25.1 Å². The van der Waals surface area contributed by atoms with E-state index in [-0.39, 0.29) is 12.5 Å². The maximum Gasteiger partial charge on any atom is 0.352 e. The number of thiophene rings is 1. The van der Waals surface area contributed by atoms with Crippen LogP contribution in [0.5, 0.6) is 0 Å². The standard InChI is InChI=1S/C16H12ClN5O2S/c1-9-10(17)3-2-4-11(9)19-13(23)7-22-16(24)21-8-18-12-5-6-25-14(12)15(21)20-22/h2-6,8H,7H2,1H3,(H,19,23). The predicted octanol–water partition coefficient (Wildman–Crippen LogP) is 2.71. The molecule has 126 valence electrons. The van der Waals surface area contributed by atoms with Crippen LogP contribution in [0.3, 0.4) is 0 Å². The van der Waals surface area contributed by atoms with Crippen LogP contribution in [0.15, 0.2) is 40.8 Å². The molecule has 0 aliphatic carbocycles. The maximum atomic E-state index is 12.4. The molecule has 0 aliphatic heterocycles. The van der Waals surface area contributed by atoms with E-state index in [1.54, 1.807) is 18.2 Å². The van der Waals surface area contributed by atoms with Crippen LogP contribution in [0, 0.1) is 6.92 Å². The van der Waals surface area contributed by atoms with E-state index < -0.39 is 5.69 Å². The number of carbonyl (C=O) groups excluding carboxylic acids is 1. The molecule has 9 heteroatoms. The Morgan fingerprint density at radius 3 is 3.04 bits per heavy atom. The first-order chi connectivity index (χ1) is 12.0. The van der Waals surface area contributed by atoms with Crippen LogP contribution in [0.25, 0.3) is 15.9 Å². The van der Waals surface area contributed by atoms with Crippen molar-refractivity contribution in [3.63, 3.8) is 0 Å². The van der Waals surface area contributed by atoms with Gasteiger partial charge in [0, 0.05) is 10.7 Å². The molecule has 1 N–H and O–H groups in total. The first-order valence-electron chi connectivity index (χ1n) is 7.41. The highest BCUT2D eigenvalue weighted by atomic mass is 35.5. The van der Waals surface area contributed by atoms with Gasteiger partial charge in [-0.3, -0.25) is 4.79 Å². The van der Waals surface area contributed by atoms with Gasteiger partial charge in [0.25, 0.3) is 0 Å². The molecule has 25 heavy (non-hydrogen) atoms. The van der Waals surface area contributed by atoms with Gasteiger partial charge in [0.1, 0.15) is 12.9 Å². The molecular formula is C16H12ClN5O2S. The molecule has 1 aromatic carbocycles. The summed E-state index contributed by atoms with van der Waals surface area (Å²) < 4.78 is 3.28. The van der Waals surface area contributed by atoms with E-state index in [1.807, 2.05) is 18.4 Å². The average molecular weight is 374 g/mol. The summed E-state index contributed by atoms with van der Waals surface area (Å²) in [5.41, 5.74) is 2.24. The second kappa shape index (κ2) is 5.98. The van der Waals surface area contributed by atoms with Crippen molar-refractivity contribution in [1.29, 1.82) is 0 Å². The number of aromatic nitrogens is 4. The molecule has 3 heterocycles. The minimum atomic E-state index is -0.407. The molecule has 4 rings (SSSR count). The molecule has 1 amide bonds. The minimum Gasteiger partial charge on any atom is -0.324 e. The third-order valence-corrected chi connectivity index (χ3v) is 5.17. The predicted molar refractivity (Wildman–Crippen MR) is 97.4 cm³/mol. The lowest BCUT2D eigenvalue weighted by Gasteiger charge is -2.08. The van der Waals surface area contributed by atoms with Crippen molar-refractivity contribution in [2.45, 2.75) is 13.5 Å². The Hall–Kier alpha value is -2.71. The van der Waals surface area contributed by atoms with E-state index in [0.717, 1.165) is 20.5 Å². The minimum absolute atomic E-state index is 0.195. The van der Waals surface area contributed by atoms with Crippen LogP contribution in [0.2, 0.25) is 5.02 Å². The zero-order valence-electron chi connectivity index (χ0n) is 13.1. The number of benzene rings is 1. The molecule has 0 bridgehead atoms. The maximum absolute atomic E-state index is 12.4. The summed E-state index contributed by atoms with van der Waals surface area (Å²) in [7, 11) is 0. The Morgan fingerprint density at radius 2 is 2.20 bits per heavy atom. The summed E-state index contributed by atoms with van der Waals surface area (Å²) in [5.74, 6) is -0.355. The SMILES string of the molecule is Cc1c(Cl)cccc1NC(=O)Cn1nc2c3sccc3ncn2c1=O. The summed E-state index contributed by atoms with van der Waals surface area (Å²) in [6, 6.07) is 7.11. The van der Waals surface area contributed by atoms with E-state index in [1.165, 1.54) is 22.1 Å². The second-order valence-corrected chi connectivity index (χ2v) is 6.80. The lowest BCUT2D eigenvalue weighted by atomic mass is 10.2. The first-order valence-corrected chi connectivity index (χ1v) is 8.66. The lowest BCUT2D eigenvalue weighted by molar-refractivity contribution is -0.117. The highest BCUT2D eigenvalue weighted by Gasteiger charge is 2.15. The van der Waals surface area contributed by atoms with Gasteiger partial charge >= 0.3 is 5.69 Å². The van der Waals surface area contributed by atoms with Gasteiger partial charge in [0.15, 0.2) is 5.65 Å². The van der Waals surface area contributed by atoms with Gasteiger partial charge in [-0.05, 0) is 36.1 Å². The van der Waals surface area contributed by atoms with Crippen molar-refractivity contribution in [2.75, 3.05) is 5.32 Å². The molecule has 0 saturated heterocycles. The molecule has 0 atom stereocenters. The van der Waals surface area contributed by atoms with Gasteiger partial charge in [0.05, 0.1) is 10.2 Å². The van der Waals surface area contributed by atoms with Crippen LogP contribution < -0.4 is 11.0 Å². The quantitative estimate of drug-likeness (QED) is 0.598. The van der Waals surface area contributed by atoms with Crippen LogP contribution in [0.1, 0.15) is 5.56 Å². The molecule has 4 aromatic rings. The van der Waals surface area contributed by atoms with Gasteiger partial charge in [-0.1, -0.05) is 17.7 Å². The summed E-state index contributed by atoms with van der Waals surface area (Å²) in [6.07, 6.45) is 1.43. The van der Waals surface area contributed by atoms with Crippen LogP contribution in [0.4, 0.5) is 5.69 Å². The highest BCUT2D eigenvalue weighted by molar-refractivity contribution is 7.17. The number of anilines is 1.